The van der Waals surface area contributed by atoms with Crippen molar-refractivity contribution < 1.29 is 9.72 Å². The van der Waals surface area contributed by atoms with Crippen molar-refractivity contribution in [2.75, 3.05) is 11.4 Å². The molecule has 0 spiro atoms. The molecule has 0 aliphatic carbocycles. The van der Waals surface area contributed by atoms with Gasteiger partial charge in [-0.2, -0.15) is 5.10 Å². The number of para-hydroxylation sites is 2. The maximum Gasteiger partial charge on any atom is 0.279 e. The van der Waals surface area contributed by atoms with Crippen molar-refractivity contribution in [3.05, 3.63) is 75.8 Å². The monoisotopic (exact) mass is 348 g/mol. The van der Waals surface area contributed by atoms with Crippen LogP contribution in [0.5, 0.6) is 0 Å². The van der Waals surface area contributed by atoms with E-state index in [2.05, 4.69) is 10.2 Å². The molecule has 2 aromatic carbocycles. The average molecular weight is 348 g/mol. The standard InChI is InChI=1S/C19H16N4O3/c1-2-22-17-12-6-4-10-15(17)18(19(22)24)21-20-13-7-9-14-8-3-5-11-16(14)23(25)26/h3-13H,2H2,1H3/b9-7+,20-13-,21-18+. The summed E-state index contributed by atoms with van der Waals surface area (Å²) in [6, 6.07) is 13.8. The zero-order valence-electron chi connectivity index (χ0n) is 14.1. The molecule has 2 aromatic rings. The number of amides is 1. The lowest BCUT2D eigenvalue weighted by molar-refractivity contribution is -0.385. The zero-order valence-corrected chi connectivity index (χ0v) is 14.1. The molecule has 3 rings (SSSR count). The Balaban J connectivity index is 1.80. The fraction of sp³-hybridized carbons (Fsp3) is 0.105. The molecule has 0 bridgehead atoms. The molecule has 0 saturated carbocycles. The van der Waals surface area contributed by atoms with Crippen LogP contribution in [0.1, 0.15) is 18.1 Å². The Kier molecular flexibility index (Phi) is 4.98. The molecule has 0 N–H and O–H groups in total. The van der Waals surface area contributed by atoms with Crippen LogP contribution in [0.4, 0.5) is 11.4 Å². The summed E-state index contributed by atoms with van der Waals surface area (Å²) in [7, 11) is 0. The number of nitro groups is 1. The third-order valence-corrected chi connectivity index (χ3v) is 3.93. The van der Waals surface area contributed by atoms with Crippen molar-refractivity contribution >= 4 is 35.3 Å². The molecule has 0 atom stereocenters. The highest BCUT2D eigenvalue weighted by Crippen LogP contribution is 2.28. The fourth-order valence-electron chi connectivity index (χ4n) is 2.74. The van der Waals surface area contributed by atoms with E-state index in [9.17, 15) is 14.9 Å². The smallest absolute Gasteiger partial charge is 0.279 e. The number of nitro benzene ring substituents is 1. The van der Waals surface area contributed by atoms with Crippen molar-refractivity contribution in [3.8, 4) is 0 Å². The van der Waals surface area contributed by atoms with Crippen molar-refractivity contribution in [2.45, 2.75) is 6.92 Å². The van der Waals surface area contributed by atoms with E-state index in [-0.39, 0.29) is 17.3 Å². The molecule has 130 valence electrons. The van der Waals surface area contributed by atoms with E-state index in [4.69, 9.17) is 0 Å². The fourth-order valence-corrected chi connectivity index (χ4v) is 2.74. The second-order valence-corrected chi connectivity index (χ2v) is 5.45. The molecule has 0 fully saturated rings. The summed E-state index contributed by atoms with van der Waals surface area (Å²) in [6.07, 6.45) is 4.52. The summed E-state index contributed by atoms with van der Waals surface area (Å²) >= 11 is 0. The number of carbonyl (C=O) groups is 1. The van der Waals surface area contributed by atoms with E-state index in [1.807, 2.05) is 31.2 Å². The normalized spacial score (nSPS) is 15.3. The van der Waals surface area contributed by atoms with Gasteiger partial charge in [0.1, 0.15) is 0 Å². The first-order valence-electron chi connectivity index (χ1n) is 8.06. The molecule has 1 amide bonds. The highest BCUT2D eigenvalue weighted by Gasteiger charge is 2.32. The minimum atomic E-state index is -0.440. The number of nitrogens with zero attached hydrogens (tertiary/aromatic N) is 4. The van der Waals surface area contributed by atoms with Crippen molar-refractivity contribution in [3.63, 3.8) is 0 Å². The number of hydrogen-bond donors (Lipinski definition) is 0. The van der Waals surface area contributed by atoms with Crippen LogP contribution in [-0.2, 0) is 4.79 Å². The lowest BCUT2D eigenvalue weighted by Crippen LogP contribution is -2.29. The quantitative estimate of drug-likeness (QED) is 0.471. The Morgan fingerprint density at radius 3 is 2.65 bits per heavy atom. The van der Waals surface area contributed by atoms with Crippen molar-refractivity contribution in [2.24, 2.45) is 10.2 Å². The van der Waals surface area contributed by atoms with Gasteiger partial charge in [0.15, 0.2) is 5.71 Å². The number of anilines is 1. The number of rotatable bonds is 5. The first-order valence-corrected chi connectivity index (χ1v) is 8.06. The predicted octanol–water partition coefficient (Wildman–Crippen LogP) is 3.45. The number of fused-ring (bicyclic) bond motifs is 1. The molecule has 1 heterocycles. The van der Waals surface area contributed by atoms with E-state index in [0.717, 1.165) is 11.3 Å². The van der Waals surface area contributed by atoms with E-state index < -0.39 is 4.92 Å². The summed E-state index contributed by atoms with van der Waals surface area (Å²) in [5.74, 6) is -0.187. The summed E-state index contributed by atoms with van der Waals surface area (Å²) in [6.45, 7) is 2.45. The van der Waals surface area contributed by atoms with Gasteiger partial charge in [0.2, 0.25) is 0 Å². The third kappa shape index (κ3) is 3.27. The Bertz CT molecular complexity index is 947. The average Bonchev–Trinajstić information content (AvgIpc) is 2.92. The number of carbonyl (C=O) groups excluding carboxylic acids is 1. The number of hydrogen-bond acceptors (Lipinski definition) is 5. The minimum absolute atomic E-state index is 0.0157. The summed E-state index contributed by atoms with van der Waals surface area (Å²) < 4.78 is 0. The van der Waals surface area contributed by atoms with Crippen molar-refractivity contribution in [1.29, 1.82) is 0 Å². The van der Waals surface area contributed by atoms with Crippen LogP contribution >= 0.6 is 0 Å². The second kappa shape index (κ2) is 7.52. The molecule has 26 heavy (non-hydrogen) atoms. The largest absolute Gasteiger partial charge is 0.307 e. The molecule has 0 aromatic heterocycles. The molecular weight excluding hydrogens is 332 g/mol. The van der Waals surface area contributed by atoms with Gasteiger partial charge in [0.05, 0.1) is 16.2 Å². The van der Waals surface area contributed by atoms with Crippen LogP contribution in [0.15, 0.2) is 64.8 Å². The van der Waals surface area contributed by atoms with E-state index in [1.54, 1.807) is 35.3 Å². The van der Waals surface area contributed by atoms with Gasteiger partial charge in [0, 0.05) is 24.4 Å². The minimum Gasteiger partial charge on any atom is -0.307 e. The topological polar surface area (TPSA) is 88.2 Å². The SMILES string of the molecule is CCN1C(=O)/C(=N/N=C\C=C\c2ccccc2[N+](=O)[O-])c2ccccc21. The number of benzene rings is 2. The van der Waals surface area contributed by atoms with Crippen LogP contribution in [0, 0.1) is 10.1 Å². The van der Waals surface area contributed by atoms with Crippen LogP contribution in [0.25, 0.3) is 6.08 Å². The summed E-state index contributed by atoms with van der Waals surface area (Å²) in [5.41, 5.74) is 2.35. The van der Waals surface area contributed by atoms with Gasteiger partial charge >= 0.3 is 0 Å². The van der Waals surface area contributed by atoms with Crippen LogP contribution in [0.3, 0.4) is 0 Å². The van der Waals surface area contributed by atoms with Gasteiger partial charge in [-0.05, 0) is 31.2 Å². The van der Waals surface area contributed by atoms with Gasteiger partial charge in [-0.3, -0.25) is 14.9 Å². The Hall–Kier alpha value is -3.61. The highest BCUT2D eigenvalue weighted by atomic mass is 16.6. The van der Waals surface area contributed by atoms with Gasteiger partial charge in [-0.1, -0.05) is 30.3 Å². The van der Waals surface area contributed by atoms with Gasteiger partial charge < -0.3 is 4.90 Å². The zero-order chi connectivity index (χ0) is 18.5. The van der Waals surface area contributed by atoms with Gasteiger partial charge in [0.25, 0.3) is 11.6 Å². The lowest BCUT2D eigenvalue weighted by Gasteiger charge is -2.12. The first kappa shape index (κ1) is 17.2. The van der Waals surface area contributed by atoms with Crippen LogP contribution < -0.4 is 4.90 Å². The molecular formula is C19H16N4O3. The Morgan fingerprint density at radius 1 is 1.15 bits per heavy atom. The van der Waals surface area contributed by atoms with Gasteiger partial charge in [-0.25, -0.2) is 0 Å². The molecule has 7 heteroatoms. The van der Waals surface area contributed by atoms with Crippen LogP contribution in [-0.4, -0.2) is 29.3 Å². The van der Waals surface area contributed by atoms with Gasteiger partial charge in [-0.15, -0.1) is 5.10 Å². The third-order valence-electron chi connectivity index (χ3n) is 3.93. The first-order chi connectivity index (χ1) is 12.6. The molecule has 0 unspecified atom stereocenters. The maximum atomic E-state index is 12.4. The van der Waals surface area contributed by atoms with E-state index in [0.29, 0.717) is 12.1 Å². The Labute approximate surface area is 150 Å². The predicted molar refractivity (Wildman–Crippen MR) is 102 cm³/mol. The molecule has 0 radical (unpaired) electrons. The summed E-state index contributed by atoms with van der Waals surface area (Å²) in [4.78, 5) is 24.6. The summed E-state index contributed by atoms with van der Waals surface area (Å²) in [5, 5.41) is 18.9. The molecule has 1 aliphatic rings. The number of likely N-dealkylation sites (N-methyl/N-ethyl adjacent to an activating group) is 1. The van der Waals surface area contributed by atoms with E-state index >= 15 is 0 Å². The molecule has 7 nitrogen and oxygen atoms in total. The molecule has 0 saturated heterocycles. The molecule has 1 aliphatic heterocycles. The Morgan fingerprint density at radius 2 is 1.88 bits per heavy atom. The van der Waals surface area contributed by atoms with Crippen LogP contribution in [0.2, 0.25) is 0 Å². The number of allylic oxidation sites excluding steroid dienone is 1. The van der Waals surface area contributed by atoms with E-state index in [1.165, 1.54) is 12.3 Å². The second-order valence-electron chi connectivity index (χ2n) is 5.45. The maximum absolute atomic E-state index is 12.4. The lowest BCUT2D eigenvalue weighted by atomic mass is 10.1. The van der Waals surface area contributed by atoms with Crippen molar-refractivity contribution in [1.82, 2.24) is 0 Å². The highest BCUT2D eigenvalue weighted by molar-refractivity contribution is 6.54.